The molecule has 2 N–H and O–H groups in total. The summed E-state index contributed by atoms with van der Waals surface area (Å²) >= 11 is 0. The van der Waals surface area contributed by atoms with Gasteiger partial charge in [-0.15, -0.1) is 0 Å². The molecule has 0 atom stereocenters. The molecule has 1 aliphatic rings. The number of carbonyl (C=O) groups is 1. The number of halogens is 2. The van der Waals surface area contributed by atoms with Gasteiger partial charge in [-0.25, -0.2) is 8.78 Å². The molecule has 2 aromatic carbocycles. The minimum absolute atomic E-state index is 0.132. The molecule has 0 aliphatic heterocycles. The summed E-state index contributed by atoms with van der Waals surface area (Å²) in [6.45, 7) is 1.16. The highest BCUT2D eigenvalue weighted by atomic mass is 19.1. The van der Waals surface area contributed by atoms with Gasteiger partial charge in [0.15, 0.2) is 17.4 Å². The SMILES string of the molecule is O=C(NC[C@H]1CC[C@@H](COc2ccccc2)CC1)c1cc(F)c(O)c(F)c1. The minimum atomic E-state index is -1.14. The number of benzene rings is 2. The van der Waals surface area contributed by atoms with Crippen molar-refractivity contribution in [3.05, 3.63) is 59.7 Å². The van der Waals surface area contributed by atoms with Crippen LogP contribution in [-0.2, 0) is 0 Å². The molecule has 2 aromatic rings. The molecule has 0 radical (unpaired) electrons. The van der Waals surface area contributed by atoms with Crippen molar-refractivity contribution in [1.29, 1.82) is 0 Å². The zero-order chi connectivity index (χ0) is 19.2. The molecule has 0 heterocycles. The van der Waals surface area contributed by atoms with Crippen LogP contribution in [0.25, 0.3) is 0 Å². The smallest absolute Gasteiger partial charge is 0.251 e. The van der Waals surface area contributed by atoms with Gasteiger partial charge in [0.25, 0.3) is 5.91 Å². The molecule has 3 rings (SSSR count). The van der Waals surface area contributed by atoms with E-state index in [4.69, 9.17) is 9.84 Å². The molecule has 6 heteroatoms. The van der Waals surface area contributed by atoms with Crippen LogP contribution in [0.5, 0.6) is 11.5 Å². The first-order valence-electron chi connectivity index (χ1n) is 9.17. The van der Waals surface area contributed by atoms with E-state index in [2.05, 4.69) is 5.32 Å². The lowest BCUT2D eigenvalue weighted by molar-refractivity contribution is 0.0937. The Hall–Kier alpha value is -2.63. The number of nitrogens with one attached hydrogen (secondary N) is 1. The van der Waals surface area contributed by atoms with Crippen molar-refractivity contribution in [1.82, 2.24) is 5.32 Å². The van der Waals surface area contributed by atoms with Crippen molar-refractivity contribution in [2.75, 3.05) is 13.2 Å². The number of hydrogen-bond donors (Lipinski definition) is 2. The van der Waals surface area contributed by atoms with E-state index >= 15 is 0 Å². The molecule has 1 saturated carbocycles. The summed E-state index contributed by atoms with van der Waals surface area (Å²) in [5.41, 5.74) is -0.132. The van der Waals surface area contributed by atoms with Crippen LogP contribution in [0.1, 0.15) is 36.0 Å². The Morgan fingerprint density at radius 2 is 1.63 bits per heavy atom. The summed E-state index contributed by atoms with van der Waals surface area (Å²) in [6, 6.07) is 11.4. The van der Waals surface area contributed by atoms with Crippen molar-refractivity contribution in [3.8, 4) is 11.5 Å². The van der Waals surface area contributed by atoms with Gasteiger partial charge >= 0.3 is 0 Å². The van der Waals surface area contributed by atoms with Gasteiger partial charge in [0.2, 0.25) is 0 Å². The predicted octanol–water partition coefficient (Wildman–Crippen LogP) is 4.29. The Morgan fingerprint density at radius 3 is 2.26 bits per heavy atom. The number of aromatic hydroxyl groups is 1. The zero-order valence-corrected chi connectivity index (χ0v) is 15.0. The number of rotatable bonds is 6. The molecule has 0 spiro atoms. The molecule has 1 amide bonds. The molecule has 0 saturated heterocycles. The van der Waals surface area contributed by atoms with Crippen molar-refractivity contribution < 1.29 is 23.4 Å². The normalized spacial score (nSPS) is 19.5. The lowest BCUT2D eigenvalue weighted by Gasteiger charge is -2.28. The summed E-state index contributed by atoms with van der Waals surface area (Å²) in [5.74, 6) is -2.17. The van der Waals surface area contributed by atoms with E-state index < -0.39 is 23.3 Å². The van der Waals surface area contributed by atoms with Crippen LogP contribution in [-0.4, -0.2) is 24.2 Å². The Labute approximate surface area is 157 Å². The quantitative estimate of drug-likeness (QED) is 0.792. The maximum atomic E-state index is 13.4. The van der Waals surface area contributed by atoms with E-state index in [0.29, 0.717) is 25.0 Å². The van der Waals surface area contributed by atoms with Crippen LogP contribution in [0.2, 0.25) is 0 Å². The van der Waals surface area contributed by atoms with Gasteiger partial charge < -0.3 is 15.2 Å². The average molecular weight is 375 g/mol. The van der Waals surface area contributed by atoms with Crippen LogP contribution in [0.4, 0.5) is 8.78 Å². The fourth-order valence-corrected chi connectivity index (χ4v) is 3.37. The number of phenols is 1. The molecule has 4 nitrogen and oxygen atoms in total. The van der Waals surface area contributed by atoms with Crippen LogP contribution in [0, 0.1) is 23.5 Å². The number of phenolic OH excluding ortho intramolecular Hbond substituents is 1. The highest BCUT2D eigenvalue weighted by Crippen LogP contribution is 2.29. The standard InChI is InChI=1S/C21H23F2NO3/c22-18-10-16(11-19(23)20(18)25)21(26)24-12-14-6-8-15(9-7-14)13-27-17-4-2-1-3-5-17/h1-5,10-11,14-15,25H,6-9,12-13H2,(H,24,26)/t14-,15+. The Bertz CT molecular complexity index is 751. The van der Waals surface area contributed by atoms with Crippen LogP contribution in [0.15, 0.2) is 42.5 Å². The molecule has 0 bridgehead atoms. The van der Waals surface area contributed by atoms with Gasteiger partial charge in [0, 0.05) is 12.1 Å². The van der Waals surface area contributed by atoms with E-state index in [-0.39, 0.29) is 5.56 Å². The minimum Gasteiger partial charge on any atom is -0.503 e. The Morgan fingerprint density at radius 1 is 1.04 bits per heavy atom. The van der Waals surface area contributed by atoms with Gasteiger partial charge in [0.05, 0.1) is 6.61 Å². The van der Waals surface area contributed by atoms with E-state index in [9.17, 15) is 13.6 Å². The lowest BCUT2D eigenvalue weighted by atomic mass is 9.82. The fourth-order valence-electron chi connectivity index (χ4n) is 3.37. The molecule has 27 heavy (non-hydrogen) atoms. The molecular weight excluding hydrogens is 352 g/mol. The van der Waals surface area contributed by atoms with Crippen molar-refractivity contribution in [3.63, 3.8) is 0 Å². The second kappa shape index (κ2) is 8.84. The van der Waals surface area contributed by atoms with Crippen molar-refractivity contribution >= 4 is 5.91 Å². The van der Waals surface area contributed by atoms with Crippen LogP contribution < -0.4 is 10.1 Å². The summed E-state index contributed by atoms with van der Waals surface area (Å²) in [5, 5.41) is 11.8. The number of carbonyl (C=O) groups excluding carboxylic acids is 1. The largest absolute Gasteiger partial charge is 0.503 e. The summed E-state index contributed by atoms with van der Waals surface area (Å²) in [6.07, 6.45) is 3.99. The van der Waals surface area contributed by atoms with Gasteiger partial charge in [-0.1, -0.05) is 18.2 Å². The van der Waals surface area contributed by atoms with Crippen LogP contribution >= 0.6 is 0 Å². The molecule has 1 aliphatic carbocycles. The molecule has 1 fully saturated rings. The highest BCUT2D eigenvalue weighted by molar-refractivity contribution is 5.94. The monoisotopic (exact) mass is 375 g/mol. The Balaban J connectivity index is 1.41. The van der Waals surface area contributed by atoms with Gasteiger partial charge in [-0.2, -0.15) is 0 Å². The fraction of sp³-hybridized carbons (Fsp3) is 0.381. The number of ether oxygens (including phenoxy) is 1. The molecule has 0 unspecified atom stereocenters. The molecule has 144 valence electrons. The second-order valence-electron chi connectivity index (χ2n) is 7.01. The van der Waals surface area contributed by atoms with E-state index in [1.54, 1.807) is 0 Å². The third-order valence-electron chi connectivity index (χ3n) is 5.03. The van der Waals surface area contributed by atoms with Crippen molar-refractivity contribution in [2.45, 2.75) is 25.7 Å². The third-order valence-corrected chi connectivity index (χ3v) is 5.03. The Kier molecular flexibility index (Phi) is 6.27. The first kappa shape index (κ1) is 19.1. The first-order chi connectivity index (χ1) is 13.0. The van der Waals surface area contributed by atoms with Gasteiger partial charge in [0.1, 0.15) is 5.75 Å². The van der Waals surface area contributed by atoms with E-state index in [1.165, 1.54) is 0 Å². The van der Waals surface area contributed by atoms with E-state index in [0.717, 1.165) is 43.6 Å². The average Bonchev–Trinajstić information content (AvgIpc) is 2.70. The van der Waals surface area contributed by atoms with Gasteiger partial charge in [-0.3, -0.25) is 4.79 Å². The third kappa shape index (κ3) is 5.18. The molecule has 0 aromatic heterocycles. The maximum Gasteiger partial charge on any atom is 0.251 e. The first-order valence-corrected chi connectivity index (χ1v) is 9.17. The van der Waals surface area contributed by atoms with Crippen LogP contribution in [0.3, 0.4) is 0 Å². The number of para-hydroxylation sites is 1. The maximum absolute atomic E-state index is 13.4. The van der Waals surface area contributed by atoms with Crippen molar-refractivity contribution in [2.24, 2.45) is 11.8 Å². The topological polar surface area (TPSA) is 58.6 Å². The second-order valence-corrected chi connectivity index (χ2v) is 7.01. The number of hydrogen-bond acceptors (Lipinski definition) is 3. The highest BCUT2D eigenvalue weighted by Gasteiger charge is 2.22. The summed E-state index contributed by atoms with van der Waals surface area (Å²) < 4.78 is 32.5. The number of amides is 1. The van der Waals surface area contributed by atoms with E-state index in [1.807, 2.05) is 30.3 Å². The lowest BCUT2D eigenvalue weighted by Crippen LogP contribution is -2.32. The van der Waals surface area contributed by atoms with Gasteiger partial charge in [-0.05, 0) is 61.8 Å². The molecular formula is C21H23F2NO3. The predicted molar refractivity (Wildman–Crippen MR) is 97.7 cm³/mol. The summed E-state index contributed by atoms with van der Waals surface area (Å²) in [7, 11) is 0. The zero-order valence-electron chi connectivity index (χ0n) is 15.0. The summed E-state index contributed by atoms with van der Waals surface area (Å²) in [4.78, 5) is 12.1.